The highest BCUT2D eigenvalue weighted by Gasteiger charge is 2.04. The highest BCUT2D eigenvalue weighted by Crippen LogP contribution is 2.12. The van der Waals surface area contributed by atoms with Gasteiger partial charge in [0.25, 0.3) is 0 Å². The molecule has 0 spiro atoms. The van der Waals surface area contributed by atoms with Crippen molar-refractivity contribution < 1.29 is 4.79 Å². The number of hydrogen-bond acceptors (Lipinski definition) is 2. The van der Waals surface area contributed by atoms with Gasteiger partial charge in [-0.25, -0.2) is 0 Å². The zero-order valence-corrected chi connectivity index (χ0v) is 13.7. The maximum absolute atomic E-state index is 11.9. The average Bonchev–Trinajstić information content (AvgIpc) is 2.48. The lowest BCUT2D eigenvalue weighted by Crippen LogP contribution is -2.26. The molecule has 0 radical (unpaired) electrons. The molecule has 2 rings (SSSR count). The number of hydrogen-bond donors (Lipinski definition) is 2. The number of nitrogens with one attached hydrogen (secondary N) is 1. The van der Waals surface area contributed by atoms with Gasteiger partial charge < -0.3 is 11.1 Å². The monoisotopic (exact) mass is 318 g/mol. The van der Waals surface area contributed by atoms with Crippen LogP contribution in [0.1, 0.15) is 23.1 Å². The molecule has 3 nitrogen and oxygen atoms in total. The van der Waals surface area contributed by atoms with Crippen molar-refractivity contribution in [3.8, 4) is 0 Å². The minimum absolute atomic E-state index is 0. The van der Waals surface area contributed by atoms with Crippen LogP contribution in [-0.4, -0.2) is 12.5 Å². The highest BCUT2D eigenvalue weighted by molar-refractivity contribution is 5.85. The first-order valence-electron chi connectivity index (χ1n) is 7.31. The second-order valence-electron chi connectivity index (χ2n) is 5.23. The molecule has 1 amide bonds. The van der Waals surface area contributed by atoms with Crippen LogP contribution in [-0.2, 0) is 17.6 Å². The van der Waals surface area contributed by atoms with Gasteiger partial charge in [0, 0.05) is 18.7 Å². The number of nitrogen functional groups attached to an aromatic ring is 1. The summed E-state index contributed by atoms with van der Waals surface area (Å²) >= 11 is 0. The Hall–Kier alpha value is -2.00. The predicted molar refractivity (Wildman–Crippen MR) is 94.3 cm³/mol. The first kappa shape index (κ1) is 18.1. The molecule has 4 heteroatoms. The molecular weight excluding hydrogens is 296 g/mol. The van der Waals surface area contributed by atoms with E-state index in [1.165, 1.54) is 11.1 Å². The fraction of sp³-hybridized carbons (Fsp3) is 0.278. The maximum Gasteiger partial charge on any atom is 0.220 e. The summed E-state index contributed by atoms with van der Waals surface area (Å²) in [5.74, 6) is 0.0758. The van der Waals surface area contributed by atoms with E-state index in [2.05, 4.69) is 24.4 Å². The molecule has 2 aromatic carbocycles. The number of carbonyl (C=O) groups excluding carboxylic acids is 1. The number of benzene rings is 2. The van der Waals surface area contributed by atoms with Gasteiger partial charge in [-0.1, -0.05) is 42.5 Å². The maximum atomic E-state index is 11.9. The summed E-state index contributed by atoms with van der Waals surface area (Å²) in [4.78, 5) is 11.9. The molecule has 0 aromatic heterocycles. The van der Waals surface area contributed by atoms with Crippen molar-refractivity contribution in [2.24, 2.45) is 0 Å². The number of anilines is 1. The van der Waals surface area contributed by atoms with Gasteiger partial charge in [0.15, 0.2) is 0 Å². The second kappa shape index (κ2) is 9.11. The van der Waals surface area contributed by atoms with E-state index in [0.29, 0.717) is 19.4 Å². The third-order valence-corrected chi connectivity index (χ3v) is 3.65. The fourth-order valence-electron chi connectivity index (χ4n) is 2.33. The molecule has 0 aliphatic heterocycles. The van der Waals surface area contributed by atoms with Gasteiger partial charge in [-0.2, -0.15) is 0 Å². The van der Waals surface area contributed by atoms with Crippen LogP contribution in [0.5, 0.6) is 0 Å². The standard InChI is InChI=1S/C18H22N2O.ClH/c1-14-6-2-3-7-15(14)12-13-20-18(21)11-10-16-8-4-5-9-17(16)19;/h2-9H,10-13,19H2,1H3,(H,20,21);1H. The van der Waals surface area contributed by atoms with Gasteiger partial charge in [0.2, 0.25) is 5.91 Å². The Balaban J connectivity index is 0.00000242. The molecule has 22 heavy (non-hydrogen) atoms. The normalized spacial score (nSPS) is 9.86. The Morgan fingerprint density at radius 3 is 2.32 bits per heavy atom. The Bertz CT molecular complexity index is 614. The van der Waals surface area contributed by atoms with Crippen molar-refractivity contribution in [3.05, 3.63) is 65.2 Å². The molecule has 0 aliphatic carbocycles. The zero-order chi connectivity index (χ0) is 15.1. The Labute approximate surface area is 138 Å². The van der Waals surface area contributed by atoms with Crippen LogP contribution in [0.4, 0.5) is 5.69 Å². The van der Waals surface area contributed by atoms with E-state index < -0.39 is 0 Å². The number of aryl methyl sites for hydroxylation is 2. The summed E-state index contributed by atoms with van der Waals surface area (Å²) < 4.78 is 0. The summed E-state index contributed by atoms with van der Waals surface area (Å²) in [6, 6.07) is 15.9. The summed E-state index contributed by atoms with van der Waals surface area (Å²) in [6.07, 6.45) is 2.02. The van der Waals surface area contributed by atoms with E-state index >= 15 is 0 Å². The van der Waals surface area contributed by atoms with Crippen LogP contribution in [0.2, 0.25) is 0 Å². The minimum atomic E-state index is 0. The van der Waals surface area contributed by atoms with Crippen molar-refractivity contribution in [2.75, 3.05) is 12.3 Å². The fourth-order valence-corrected chi connectivity index (χ4v) is 2.33. The molecule has 0 atom stereocenters. The lowest BCUT2D eigenvalue weighted by molar-refractivity contribution is -0.121. The first-order valence-corrected chi connectivity index (χ1v) is 7.31. The average molecular weight is 319 g/mol. The van der Waals surface area contributed by atoms with Crippen molar-refractivity contribution in [1.29, 1.82) is 0 Å². The molecular formula is C18H23ClN2O. The predicted octanol–water partition coefficient (Wildman–Crippen LogP) is 3.29. The van der Waals surface area contributed by atoms with E-state index in [0.717, 1.165) is 17.7 Å². The van der Waals surface area contributed by atoms with E-state index in [1.807, 2.05) is 36.4 Å². The lowest BCUT2D eigenvalue weighted by Gasteiger charge is -2.08. The van der Waals surface area contributed by atoms with Crippen molar-refractivity contribution in [1.82, 2.24) is 5.32 Å². The third kappa shape index (κ3) is 5.41. The highest BCUT2D eigenvalue weighted by atomic mass is 35.5. The number of rotatable bonds is 6. The van der Waals surface area contributed by atoms with Crippen LogP contribution in [0.15, 0.2) is 48.5 Å². The van der Waals surface area contributed by atoms with Gasteiger partial charge in [-0.3, -0.25) is 4.79 Å². The molecule has 0 fully saturated rings. The van der Waals surface area contributed by atoms with E-state index in [4.69, 9.17) is 5.73 Å². The van der Waals surface area contributed by atoms with Crippen LogP contribution >= 0.6 is 12.4 Å². The van der Waals surface area contributed by atoms with Crippen molar-refractivity contribution in [3.63, 3.8) is 0 Å². The number of nitrogens with two attached hydrogens (primary N) is 1. The van der Waals surface area contributed by atoms with Crippen LogP contribution < -0.4 is 11.1 Å². The largest absolute Gasteiger partial charge is 0.399 e. The number of amides is 1. The van der Waals surface area contributed by atoms with Crippen LogP contribution in [0, 0.1) is 6.92 Å². The first-order chi connectivity index (χ1) is 10.2. The zero-order valence-electron chi connectivity index (χ0n) is 12.8. The summed E-state index contributed by atoms with van der Waals surface area (Å²) in [6.45, 7) is 2.77. The second-order valence-corrected chi connectivity index (χ2v) is 5.23. The van der Waals surface area contributed by atoms with Gasteiger partial charge >= 0.3 is 0 Å². The van der Waals surface area contributed by atoms with Crippen LogP contribution in [0.25, 0.3) is 0 Å². The third-order valence-electron chi connectivity index (χ3n) is 3.65. The molecule has 0 unspecified atom stereocenters. The van der Waals surface area contributed by atoms with Crippen molar-refractivity contribution >= 4 is 24.0 Å². The summed E-state index contributed by atoms with van der Waals surface area (Å²) in [7, 11) is 0. The molecule has 2 aromatic rings. The molecule has 118 valence electrons. The molecule has 0 saturated carbocycles. The summed E-state index contributed by atoms with van der Waals surface area (Å²) in [5, 5.41) is 2.97. The van der Waals surface area contributed by atoms with Gasteiger partial charge in [-0.15, -0.1) is 12.4 Å². The Kier molecular flexibility index (Phi) is 7.47. The smallest absolute Gasteiger partial charge is 0.220 e. The lowest BCUT2D eigenvalue weighted by atomic mass is 10.1. The summed E-state index contributed by atoms with van der Waals surface area (Å²) in [5.41, 5.74) is 10.2. The Morgan fingerprint density at radius 2 is 1.64 bits per heavy atom. The number of halogens is 1. The molecule has 0 aliphatic rings. The van der Waals surface area contributed by atoms with Gasteiger partial charge in [-0.05, 0) is 42.5 Å². The van der Waals surface area contributed by atoms with Crippen molar-refractivity contribution in [2.45, 2.75) is 26.2 Å². The quantitative estimate of drug-likeness (QED) is 0.803. The number of para-hydroxylation sites is 1. The van der Waals surface area contributed by atoms with Gasteiger partial charge in [0.1, 0.15) is 0 Å². The molecule has 0 saturated heterocycles. The topological polar surface area (TPSA) is 55.1 Å². The minimum Gasteiger partial charge on any atom is -0.399 e. The van der Waals surface area contributed by atoms with E-state index in [-0.39, 0.29) is 18.3 Å². The molecule has 0 heterocycles. The van der Waals surface area contributed by atoms with Gasteiger partial charge in [0.05, 0.1) is 0 Å². The van der Waals surface area contributed by atoms with Crippen LogP contribution in [0.3, 0.4) is 0 Å². The Morgan fingerprint density at radius 1 is 1.00 bits per heavy atom. The molecule has 3 N–H and O–H groups in total. The SMILES string of the molecule is Cc1ccccc1CCNC(=O)CCc1ccccc1N.Cl. The number of carbonyl (C=O) groups is 1. The molecule has 0 bridgehead atoms. The van der Waals surface area contributed by atoms with E-state index in [1.54, 1.807) is 0 Å². The van der Waals surface area contributed by atoms with E-state index in [9.17, 15) is 4.79 Å².